The molecule has 0 aliphatic heterocycles. The molecule has 4 heteroatoms. The highest BCUT2D eigenvalue weighted by atomic mass is 16.4. The van der Waals surface area contributed by atoms with E-state index in [1.54, 1.807) is 6.07 Å². The zero-order chi connectivity index (χ0) is 13.8. The van der Waals surface area contributed by atoms with Gasteiger partial charge in [0.05, 0.1) is 6.04 Å². The first-order valence-corrected chi connectivity index (χ1v) is 7.19. The third-order valence-electron chi connectivity index (χ3n) is 4.11. The Balaban J connectivity index is 1.92. The summed E-state index contributed by atoms with van der Waals surface area (Å²) < 4.78 is 5.34. The molecule has 1 aliphatic rings. The molecule has 0 aromatic carbocycles. The molecule has 0 spiro atoms. The summed E-state index contributed by atoms with van der Waals surface area (Å²) in [5, 5.41) is 12.4. The van der Waals surface area contributed by atoms with Crippen molar-refractivity contribution >= 4 is 5.97 Å². The summed E-state index contributed by atoms with van der Waals surface area (Å²) in [5.74, 6) is 0.529. The van der Waals surface area contributed by atoms with Crippen LogP contribution in [0.1, 0.15) is 68.3 Å². The number of carboxylic acid groups (broad SMARTS) is 1. The lowest BCUT2D eigenvalue weighted by molar-refractivity contribution is 0.0659. The minimum Gasteiger partial charge on any atom is -0.475 e. The summed E-state index contributed by atoms with van der Waals surface area (Å²) in [4.78, 5) is 10.8. The molecule has 1 aromatic heterocycles. The van der Waals surface area contributed by atoms with Gasteiger partial charge in [-0.1, -0.05) is 26.2 Å². The molecule has 2 rings (SSSR count). The van der Waals surface area contributed by atoms with Crippen LogP contribution in [-0.2, 0) is 0 Å². The normalized spacial score (nSPS) is 25.2. The van der Waals surface area contributed by atoms with E-state index in [2.05, 4.69) is 12.2 Å². The SMILES string of the molecule is CCC1CCCC(NC(C)c2ccc(C(=O)O)o2)C1. The van der Waals surface area contributed by atoms with Gasteiger partial charge in [-0.3, -0.25) is 0 Å². The van der Waals surface area contributed by atoms with E-state index >= 15 is 0 Å². The Hall–Kier alpha value is -1.29. The fourth-order valence-electron chi connectivity index (χ4n) is 2.95. The van der Waals surface area contributed by atoms with Gasteiger partial charge in [-0.05, 0) is 37.8 Å². The van der Waals surface area contributed by atoms with E-state index in [9.17, 15) is 4.79 Å². The van der Waals surface area contributed by atoms with Crippen molar-refractivity contribution in [2.24, 2.45) is 5.92 Å². The van der Waals surface area contributed by atoms with E-state index < -0.39 is 5.97 Å². The summed E-state index contributed by atoms with van der Waals surface area (Å²) in [5.41, 5.74) is 0. The molecule has 1 aliphatic carbocycles. The van der Waals surface area contributed by atoms with Crippen LogP contribution in [0.3, 0.4) is 0 Å². The van der Waals surface area contributed by atoms with Crippen LogP contribution in [0, 0.1) is 5.92 Å². The van der Waals surface area contributed by atoms with Gasteiger partial charge in [-0.15, -0.1) is 0 Å². The summed E-state index contributed by atoms with van der Waals surface area (Å²) >= 11 is 0. The van der Waals surface area contributed by atoms with Crippen molar-refractivity contribution in [2.75, 3.05) is 0 Å². The molecular formula is C15H23NO3. The van der Waals surface area contributed by atoms with Gasteiger partial charge >= 0.3 is 5.97 Å². The molecule has 106 valence electrons. The standard InChI is InChI=1S/C15H23NO3/c1-3-11-5-4-6-12(9-11)16-10(2)13-7-8-14(19-13)15(17)18/h7-8,10-12,16H,3-6,9H2,1-2H3,(H,17,18). The maximum Gasteiger partial charge on any atom is 0.371 e. The highest BCUT2D eigenvalue weighted by molar-refractivity contribution is 5.84. The maximum atomic E-state index is 10.8. The molecule has 0 saturated heterocycles. The van der Waals surface area contributed by atoms with Crippen molar-refractivity contribution in [3.05, 3.63) is 23.7 Å². The van der Waals surface area contributed by atoms with Gasteiger partial charge < -0.3 is 14.8 Å². The zero-order valence-corrected chi connectivity index (χ0v) is 11.7. The first kappa shape index (κ1) is 14.1. The first-order chi connectivity index (χ1) is 9.10. The number of aromatic carboxylic acids is 1. The third-order valence-corrected chi connectivity index (χ3v) is 4.11. The Morgan fingerprint density at radius 2 is 2.32 bits per heavy atom. The van der Waals surface area contributed by atoms with Crippen molar-refractivity contribution in [1.29, 1.82) is 0 Å². The Morgan fingerprint density at radius 3 is 2.95 bits per heavy atom. The molecule has 1 saturated carbocycles. The van der Waals surface area contributed by atoms with Crippen LogP contribution in [0.2, 0.25) is 0 Å². The smallest absolute Gasteiger partial charge is 0.371 e. The third kappa shape index (κ3) is 3.60. The predicted molar refractivity (Wildman–Crippen MR) is 73.3 cm³/mol. The molecule has 3 unspecified atom stereocenters. The summed E-state index contributed by atoms with van der Waals surface area (Å²) in [6.45, 7) is 4.28. The van der Waals surface area contributed by atoms with Crippen molar-refractivity contribution in [2.45, 2.75) is 58.0 Å². The summed E-state index contributed by atoms with van der Waals surface area (Å²) in [6.07, 6.45) is 6.28. The lowest BCUT2D eigenvalue weighted by Gasteiger charge is -2.31. The van der Waals surface area contributed by atoms with Crippen LogP contribution in [-0.4, -0.2) is 17.1 Å². The van der Waals surface area contributed by atoms with Gasteiger partial charge in [0.15, 0.2) is 0 Å². The van der Waals surface area contributed by atoms with Crippen molar-refractivity contribution in [3.63, 3.8) is 0 Å². The fourth-order valence-corrected chi connectivity index (χ4v) is 2.95. The topological polar surface area (TPSA) is 62.5 Å². The maximum absolute atomic E-state index is 10.8. The van der Waals surface area contributed by atoms with Gasteiger partial charge in [0, 0.05) is 6.04 Å². The minimum absolute atomic E-state index is 0.0127. The number of furan rings is 1. The lowest BCUT2D eigenvalue weighted by Crippen LogP contribution is -2.35. The molecule has 1 aromatic rings. The van der Waals surface area contributed by atoms with Crippen LogP contribution in [0.5, 0.6) is 0 Å². The molecule has 1 fully saturated rings. The molecule has 19 heavy (non-hydrogen) atoms. The van der Waals surface area contributed by atoms with Crippen LogP contribution in [0.15, 0.2) is 16.5 Å². The quantitative estimate of drug-likeness (QED) is 0.854. The number of carboxylic acids is 1. The average Bonchev–Trinajstić information content (AvgIpc) is 2.89. The second-order valence-corrected chi connectivity index (χ2v) is 5.53. The number of carbonyl (C=O) groups is 1. The molecule has 3 atom stereocenters. The highest BCUT2D eigenvalue weighted by Crippen LogP contribution is 2.28. The van der Waals surface area contributed by atoms with Crippen molar-refractivity contribution in [1.82, 2.24) is 5.32 Å². The number of rotatable bonds is 5. The van der Waals surface area contributed by atoms with Gasteiger partial charge in [0.2, 0.25) is 5.76 Å². The van der Waals surface area contributed by atoms with Gasteiger partial charge in [0.1, 0.15) is 5.76 Å². The van der Waals surface area contributed by atoms with E-state index in [-0.39, 0.29) is 11.8 Å². The molecular weight excluding hydrogens is 242 g/mol. The lowest BCUT2D eigenvalue weighted by atomic mass is 9.84. The zero-order valence-electron chi connectivity index (χ0n) is 11.7. The second kappa shape index (κ2) is 6.24. The Morgan fingerprint density at radius 1 is 1.53 bits per heavy atom. The molecule has 0 bridgehead atoms. The van der Waals surface area contributed by atoms with Crippen LogP contribution in [0.25, 0.3) is 0 Å². The van der Waals surface area contributed by atoms with E-state index in [0.717, 1.165) is 5.92 Å². The van der Waals surface area contributed by atoms with E-state index in [1.165, 1.54) is 38.2 Å². The molecule has 0 amide bonds. The van der Waals surface area contributed by atoms with E-state index in [0.29, 0.717) is 11.8 Å². The number of hydrogen-bond donors (Lipinski definition) is 2. The van der Waals surface area contributed by atoms with Crippen LogP contribution >= 0.6 is 0 Å². The monoisotopic (exact) mass is 265 g/mol. The van der Waals surface area contributed by atoms with E-state index in [1.807, 2.05) is 6.92 Å². The minimum atomic E-state index is -1.01. The summed E-state index contributed by atoms with van der Waals surface area (Å²) in [7, 11) is 0. The van der Waals surface area contributed by atoms with Gasteiger partial charge in [-0.25, -0.2) is 4.79 Å². The van der Waals surface area contributed by atoms with Gasteiger partial charge in [-0.2, -0.15) is 0 Å². The Bertz CT molecular complexity index is 427. The molecule has 2 N–H and O–H groups in total. The Kier molecular flexibility index (Phi) is 4.64. The predicted octanol–water partition coefficient (Wildman–Crippen LogP) is 3.60. The second-order valence-electron chi connectivity index (χ2n) is 5.53. The molecule has 1 heterocycles. The fraction of sp³-hybridized carbons (Fsp3) is 0.667. The van der Waals surface area contributed by atoms with Crippen molar-refractivity contribution in [3.8, 4) is 0 Å². The largest absolute Gasteiger partial charge is 0.475 e. The Labute approximate surface area is 114 Å². The van der Waals surface area contributed by atoms with Crippen molar-refractivity contribution < 1.29 is 14.3 Å². The number of nitrogens with one attached hydrogen (secondary N) is 1. The molecule has 0 radical (unpaired) electrons. The first-order valence-electron chi connectivity index (χ1n) is 7.19. The van der Waals surface area contributed by atoms with Gasteiger partial charge in [0.25, 0.3) is 0 Å². The van der Waals surface area contributed by atoms with Crippen LogP contribution in [0.4, 0.5) is 0 Å². The number of hydrogen-bond acceptors (Lipinski definition) is 3. The van der Waals surface area contributed by atoms with Crippen LogP contribution < -0.4 is 5.32 Å². The van der Waals surface area contributed by atoms with E-state index in [4.69, 9.17) is 9.52 Å². The average molecular weight is 265 g/mol. The highest BCUT2D eigenvalue weighted by Gasteiger charge is 2.23. The molecule has 4 nitrogen and oxygen atoms in total. The summed E-state index contributed by atoms with van der Waals surface area (Å²) in [6, 6.07) is 3.85.